The molecule has 190 valence electrons. The smallest absolute Gasteiger partial charge is 0.257 e. The number of hydrogen-bond donors (Lipinski definition) is 1. The fraction of sp³-hybridized carbons (Fsp3) is 0.214. The van der Waals surface area contributed by atoms with E-state index in [1.807, 2.05) is 47.4 Å². The van der Waals surface area contributed by atoms with Crippen LogP contribution in [0.5, 0.6) is 5.75 Å². The Hall–Kier alpha value is -3.69. The molecule has 0 atom stereocenters. The maximum Gasteiger partial charge on any atom is 0.257 e. The summed E-state index contributed by atoms with van der Waals surface area (Å²) in [6, 6.07) is 19.6. The van der Waals surface area contributed by atoms with Crippen molar-refractivity contribution < 1.29 is 18.3 Å². The quantitative estimate of drug-likeness (QED) is 0.320. The third-order valence-electron chi connectivity index (χ3n) is 6.39. The lowest BCUT2D eigenvalue weighted by Gasteiger charge is -2.35. The van der Waals surface area contributed by atoms with Crippen molar-refractivity contribution in [2.24, 2.45) is 0 Å². The van der Waals surface area contributed by atoms with Gasteiger partial charge in [0.1, 0.15) is 5.75 Å². The van der Waals surface area contributed by atoms with Gasteiger partial charge in [0.05, 0.1) is 23.1 Å². The molecule has 3 aromatic carbocycles. The average molecular weight is 521 g/mol. The monoisotopic (exact) mass is 520 g/mol. The van der Waals surface area contributed by atoms with Crippen molar-refractivity contribution in [3.05, 3.63) is 95.7 Å². The Morgan fingerprint density at radius 2 is 1.81 bits per heavy atom. The molecule has 4 aromatic rings. The molecule has 37 heavy (non-hydrogen) atoms. The van der Waals surface area contributed by atoms with E-state index in [1.54, 1.807) is 30.3 Å². The predicted molar refractivity (Wildman–Crippen MR) is 142 cm³/mol. The number of nitrogens with zero attached hydrogens (tertiary/aromatic N) is 3. The highest BCUT2D eigenvalue weighted by molar-refractivity contribution is 8.00. The number of hydrogen-bond acceptors (Lipinski definition) is 6. The van der Waals surface area contributed by atoms with Crippen molar-refractivity contribution in [3.8, 4) is 5.75 Å². The third-order valence-corrected chi connectivity index (χ3v) is 7.28. The molecule has 1 N–H and O–H groups in total. The highest BCUT2D eigenvalue weighted by atomic mass is 32.2. The summed E-state index contributed by atoms with van der Waals surface area (Å²) in [4.78, 5) is 22.5. The number of aromatic nitrogens is 1. The number of benzene rings is 3. The van der Waals surface area contributed by atoms with E-state index in [0.717, 1.165) is 27.6 Å². The molecule has 1 saturated heterocycles. The number of amides is 1. The van der Waals surface area contributed by atoms with Crippen molar-refractivity contribution in [3.63, 3.8) is 0 Å². The Kier molecular flexibility index (Phi) is 7.52. The molecule has 1 aromatic heterocycles. The van der Waals surface area contributed by atoms with Crippen LogP contribution in [-0.2, 0) is 6.54 Å². The molecule has 2 heterocycles. The van der Waals surface area contributed by atoms with E-state index in [4.69, 9.17) is 4.74 Å². The summed E-state index contributed by atoms with van der Waals surface area (Å²) in [5, 5.41) is 1.06. The minimum absolute atomic E-state index is 0.120. The van der Waals surface area contributed by atoms with Crippen LogP contribution in [0.1, 0.15) is 15.9 Å². The van der Waals surface area contributed by atoms with Crippen molar-refractivity contribution in [1.82, 2.24) is 14.8 Å². The van der Waals surface area contributed by atoms with Gasteiger partial charge in [0.2, 0.25) is 0 Å². The number of para-hydroxylation sites is 1. The first kappa shape index (κ1) is 25.0. The van der Waals surface area contributed by atoms with Crippen molar-refractivity contribution in [2.75, 3.05) is 38.0 Å². The summed E-state index contributed by atoms with van der Waals surface area (Å²) in [5.74, 6) is -1.29. The topological polar surface area (TPSA) is 57.7 Å². The molecular weight excluding hydrogens is 494 g/mol. The maximum absolute atomic E-state index is 14.0. The lowest BCUT2D eigenvalue weighted by molar-refractivity contribution is 0.0623. The number of carbonyl (C=O) groups is 1. The molecule has 6 nitrogen and oxygen atoms in total. The second-order valence-electron chi connectivity index (χ2n) is 8.73. The number of methoxy groups -OCH3 is 1. The zero-order valence-electron chi connectivity index (χ0n) is 20.3. The molecular formula is C28H26F2N4O2S. The molecule has 1 fully saturated rings. The fourth-order valence-corrected chi connectivity index (χ4v) is 5.16. The molecule has 1 amide bonds. The van der Waals surface area contributed by atoms with Crippen LogP contribution in [0, 0.1) is 11.6 Å². The first-order chi connectivity index (χ1) is 18.0. The number of nitrogens with one attached hydrogen (secondary N) is 1. The standard InChI is InChI=1S/C28H26F2N4O2S/c1-36-24-17-21(32-37-25-9-3-5-19-7-4-12-31-27(19)25)10-11-22(24)28(35)34-15-13-33(14-16-34)18-20-6-2-8-23(29)26(20)30/h2-12,17,32H,13-16,18H2,1H3. The van der Waals surface area contributed by atoms with Crippen LogP contribution in [0.3, 0.4) is 0 Å². The predicted octanol–water partition coefficient (Wildman–Crippen LogP) is 5.60. The second-order valence-corrected chi connectivity index (χ2v) is 9.58. The van der Waals surface area contributed by atoms with Gasteiger partial charge < -0.3 is 14.4 Å². The number of anilines is 1. The van der Waals surface area contributed by atoms with Gasteiger partial charge in [-0.25, -0.2) is 8.78 Å². The normalized spacial score (nSPS) is 14.1. The van der Waals surface area contributed by atoms with Gasteiger partial charge in [0.15, 0.2) is 11.6 Å². The molecule has 0 spiro atoms. The molecule has 0 unspecified atom stereocenters. The summed E-state index contributed by atoms with van der Waals surface area (Å²) >= 11 is 1.45. The van der Waals surface area contributed by atoms with Gasteiger partial charge >= 0.3 is 0 Å². The van der Waals surface area contributed by atoms with Crippen molar-refractivity contribution >= 4 is 34.4 Å². The maximum atomic E-state index is 14.0. The van der Waals surface area contributed by atoms with Crippen LogP contribution in [-0.4, -0.2) is 54.0 Å². The molecule has 0 aliphatic carbocycles. The van der Waals surface area contributed by atoms with Gasteiger partial charge in [-0.2, -0.15) is 0 Å². The lowest BCUT2D eigenvalue weighted by atomic mass is 10.1. The number of halogens is 2. The van der Waals surface area contributed by atoms with Crippen molar-refractivity contribution in [1.29, 1.82) is 0 Å². The third kappa shape index (κ3) is 5.52. The molecule has 5 rings (SSSR count). The number of ether oxygens (including phenoxy) is 1. The van der Waals surface area contributed by atoms with Gasteiger partial charge in [0.25, 0.3) is 5.91 Å². The Balaban J connectivity index is 1.22. The molecule has 0 bridgehead atoms. The first-order valence-corrected chi connectivity index (χ1v) is 12.7. The summed E-state index contributed by atoms with van der Waals surface area (Å²) < 4.78 is 36.4. The zero-order chi connectivity index (χ0) is 25.8. The van der Waals surface area contributed by atoms with Crippen LogP contribution >= 0.6 is 11.9 Å². The first-order valence-electron chi connectivity index (χ1n) is 11.9. The van der Waals surface area contributed by atoms with Gasteiger partial charge in [-0.15, -0.1) is 0 Å². The van der Waals surface area contributed by atoms with Gasteiger partial charge in [0, 0.05) is 61.6 Å². The molecule has 0 radical (unpaired) electrons. The minimum atomic E-state index is -0.844. The molecule has 1 aliphatic rings. The van der Waals surface area contributed by atoms with Gasteiger partial charge in [-0.05, 0) is 42.3 Å². The Morgan fingerprint density at radius 3 is 2.62 bits per heavy atom. The highest BCUT2D eigenvalue weighted by Crippen LogP contribution is 2.31. The van der Waals surface area contributed by atoms with E-state index >= 15 is 0 Å². The van der Waals surface area contributed by atoms with E-state index < -0.39 is 11.6 Å². The van der Waals surface area contributed by atoms with E-state index in [0.29, 0.717) is 49.6 Å². The molecule has 1 aliphatic heterocycles. The number of pyridine rings is 1. The van der Waals surface area contributed by atoms with E-state index in [1.165, 1.54) is 18.0 Å². The number of piperazine rings is 1. The Morgan fingerprint density at radius 1 is 1.03 bits per heavy atom. The lowest BCUT2D eigenvalue weighted by Crippen LogP contribution is -2.48. The van der Waals surface area contributed by atoms with Gasteiger partial charge in [-0.1, -0.05) is 30.3 Å². The van der Waals surface area contributed by atoms with Crippen LogP contribution in [0.25, 0.3) is 10.9 Å². The summed E-state index contributed by atoms with van der Waals surface area (Å²) in [6.45, 7) is 2.42. The van der Waals surface area contributed by atoms with Crippen molar-refractivity contribution in [2.45, 2.75) is 11.4 Å². The van der Waals surface area contributed by atoms with Gasteiger partial charge in [-0.3, -0.25) is 14.7 Å². The van der Waals surface area contributed by atoms with E-state index in [2.05, 4.69) is 9.71 Å². The second kappa shape index (κ2) is 11.1. The van der Waals surface area contributed by atoms with Crippen LogP contribution in [0.15, 0.2) is 77.8 Å². The molecule has 9 heteroatoms. The minimum Gasteiger partial charge on any atom is -0.496 e. The number of fused-ring (bicyclic) bond motifs is 1. The Bertz CT molecular complexity index is 1420. The van der Waals surface area contributed by atoms with E-state index in [-0.39, 0.29) is 5.91 Å². The highest BCUT2D eigenvalue weighted by Gasteiger charge is 2.25. The zero-order valence-corrected chi connectivity index (χ0v) is 21.1. The number of carbonyl (C=O) groups excluding carboxylic acids is 1. The van der Waals surface area contributed by atoms with E-state index in [9.17, 15) is 13.6 Å². The SMILES string of the molecule is COc1cc(NSc2cccc3cccnc23)ccc1C(=O)N1CCN(Cc2cccc(F)c2F)CC1. The Labute approximate surface area is 218 Å². The average Bonchev–Trinajstić information content (AvgIpc) is 2.94. The van der Waals surface area contributed by atoms with Crippen LogP contribution in [0.2, 0.25) is 0 Å². The van der Waals surface area contributed by atoms with Crippen LogP contribution < -0.4 is 9.46 Å². The fourth-order valence-electron chi connectivity index (χ4n) is 4.39. The largest absolute Gasteiger partial charge is 0.496 e. The summed E-state index contributed by atoms with van der Waals surface area (Å²) in [5.41, 5.74) is 2.52. The number of rotatable bonds is 7. The van der Waals surface area contributed by atoms with Crippen LogP contribution in [0.4, 0.5) is 14.5 Å². The molecule has 0 saturated carbocycles. The summed E-state index contributed by atoms with van der Waals surface area (Å²) in [7, 11) is 1.54. The summed E-state index contributed by atoms with van der Waals surface area (Å²) in [6.07, 6.45) is 1.77.